The van der Waals surface area contributed by atoms with E-state index in [1.54, 1.807) is 25.3 Å². The molecule has 9 nitrogen and oxygen atoms in total. The Hall–Kier alpha value is -4.31. The quantitative estimate of drug-likeness (QED) is 0.303. The standard InChI is InChI=1S/C32H35N5O4S/c1-32(2,3)37-31-28(29(35-37)21-11-7-6-8-12-21)30(24-17-23(40-4)14-15-25(24)41-5)42-20-27(39)36(31)19-26(38)34-18-22-13-9-10-16-33-22/h6-17,30H,18-20H2,1-5H3,(H,34,38)/t30-/m0/s1. The molecule has 42 heavy (non-hydrogen) atoms. The number of hydrogen-bond acceptors (Lipinski definition) is 7. The van der Waals surface area contributed by atoms with E-state index in [1.807, 2.05) is 92.2 Å². The lowest BCUT2D eigenvalue weighted by Gasteiger charge is -2.29. The molecule has 1 aliphatic heterocycles. The van der Waals surface area contributed by atoms with Crippen LogP contribution >= 0.6 is 11.8 Å². The minimum Gasteiger partial charge on any atom is -0.497 e. The SMILES string of the molecule is COc1ccc(OC)c([C@@H]2SCC(=O)N(CC(=O)NCc3ccccn3)c3c2c(-c2ccccc2)nn3C(C)(C)C)c1. The Kier molecular flexibility index (Phi) is 8.54. The molecule has 2 aromatic heterocycles. The van der Waals surface area contributed by atoms with Crippen LogP contribution in [0.4, 0.5) is 5.82 Å². The summed E-state index contributed by atoms with van der Waals surface area (Å²) >= 11 is 1.49. The molecule has 0 radical (unpaired) electrons. The van der Waals surface area contributed by atoms with Gasteiger partial charge in [0.25, 0.3) is 0 Å². The Bertz CT molecular complexity index is 1570. The molecule has 0 aliphatic carbocycles. The number of methoxy groups -OCH3 is 2. The highest BCUT2D eigenvalue weighted by Crippen LogP contribution is 2.51. The molecule has 218 valence electrons. The van der Waals surface area contributed by atoms with Gasteiger partial charge < -0.3 is 14.8 Å². The van der Waals surface area contributed by atoms with Crippen molar-refractivity contribution in [3.05, 3.63) is 89.7 Å². The second-order valence-corrected chi connectivity index (χ2v) is 12.0. The molecule has 2 amide bonds. The third-order valence-corrected chi connectivity index (χ3v) is 8.22. The Labute approximate surface area is 250 Å². The van der Waals surface area contributed by atoms with E-state index in [1.165, 1.54) is 11.8 Å². The molecule has 3 heterocycles. The number of thioether (sulfide) groups is 1. The summed E-state index contributed by atoms with van der Waals surface area (Å²) in [5.74, 6) is 1.65. The molecule has 0 spiro atoms. The smallest absolute Gasteiger partial charge is 0.240 e. The Morgan fingerprint density at radius 3 is 2.48 bits per heavy atom. The summed E-state index contributed by atoms with van der Waals surface area (Å²) in [5, 5.41) is 7.72. The zero-order valence-electron chi connectivity index (χ0n) is 24.5. The summed E-state index contributed by atoms with van der Waals surface area (Å²) in [5.41, 5.74) is 3.60. The lowest BCUT2D eigenvalue weighted by atomic mass is 9.98. The molecule has 1 aliphatic rings. The van der Waals surface area contributed by atoms with Crippen LogP contribution in [0.15, 0.2) is 72.9 Å². The van der Waals surface area contributed by atoms with Crippen LogP contribution in [0.25, 0.3) is 11.3 Å². The highest BCUT2D eigenvalue weighted by molar-refractivity contribution is 8.00. The fraction of sp³-hybridized carbons (Fsp3) is 0.312. The summed E-state index contributed by atoms with van der Waals surface area (Å²) in [4.78, 5) is 33.1. The molecule has 2 aromatic carbocycles. The Balaban J connectivity index is 1.68. The first-order valence-electron chi connectivity index (χ1n) is 13.7. The summed E-state index contributed by atoms with van der Waals surface area (Å²) in [7, 11) is 3.26. The van der Waals surface area contributed by atoms with Gasteiger partial charge in [0.15, 0.2) is 0 Å². The molecular weight excluding hydrogens is 550 g/mol. The first-order valence-corrected chi connectivity index (χ1v) is 14.8. The molecule has 5 rings (SSSR count). The fourth-order valence-corrected chi connectivity index (χ4v) is 6.19. The number of amides is 2. The van der Waals surface area contributed by atoms with Crippen LogP contribution < -0.4 is 19.7 Å². The van der Waals surface area contributed by atoms with Gasteiger partial charge in [-0.1, -0.05) is 36.4 Å². The van der Waals surface area contributed by atoms with Crippen molar-refractivity contribution >= 4 is 29.4 Å². The van der Waals surface area contributed by atoms with Crippen LogP contribution in [0.2, 0.25) is 0 Å². The number of fused-ring (bicyclic) bond motifs is 1. The number of nitrogens with one attached hydrogen (secondary N) is 1. The van der Waals surface area contributed by atoms with Crippen LogP contribution in [0, 0.1) is 0 Å². The maximum absolute atomic E-state index is 13.9. The fourth-order valence-electron chi connectivity index (χ4n) is 4.98. The number of ether oxygens (including phenoxy) is 2. The molecule has 0 bridgehead atoms. The number of nitrogens with zero attached hydrogens (tertiary/aromatic N) is 4. The summed E-state index contributed by atoms with van der Waals surface area (Å²) in [6.07, 6.45) is 1.68. The van der Waals surface area contributed by atoms with Crippen molar-refractivity contribution in [2.24, 2.45) is 0 Å². The molecule has 1 N–H and O–H groups in total. The number of hydrogen-bond donors (Lipinski definition) is 1. The van der Waals surface area contributed by atoms with Crippen LogP contribution in [0.1, 0.15) is 42.8 Å². The normalized spacial score (nSPS) is 15.1. The Morgan fingerprint density at radius 2 is 1.81 bits per heavy atom. The highest BCUT2D eigenvalue weighted by Gasteiger charge is 2.40. The predicted molar refractivity (Wildman–Crippen MR) is 165 cm³/mol. The lowest BCUT2D eigenvalue weighted by Crippen LogP contribution is -2.43. The minimum atomic E-state index is -0.502. The topological polar surface area (TPSA) is 98.6 Å². The van der Waals surface area contributed by atoms with E-state index in [9.17, 15) is 9.59 Å². The molecule has 10 heteroatoms. The van der Waals surface area contributed by atoms with Gasteiger partial charge in [0.05, 0.1) is 48.7 Å². The van der Waals surface area contributed by atoms with Crippen LogP contribution in [0.5, 0.6) is 11.5 Å². The maximum atomic E-state index is 13.9. The van der Waals surface area contributed by atoms with E-state index in [0.29, 0.717) is 17.3 Å². The minimum absolute atomic E-state index is 0.156. The van der Waals surface area contributed by atoms with E-state index in [-0.39, 0.29) is 35.9 Å². The predicted octanol–water partition coefficient (Wildman–Crippen LogP) is 5.20. The second kappa shape index (κ2) is 12.3. The van der Waals surface area contributed by atoms with Gasteiger partial charge in [-0.25, -0.2) is 4.68 Å². The molecule has 0 saturated carbocycles. The number of benzene rings is 2. The average molecular weight is 586 g/mol. The highest BCUT2D eigenvalue weighted by atomic mass is 32.2. The number of aromatic nitrogens is 3. The van der Waals surface area contributed by atoms with Crippen molar-refractivity contribution in [1.82, 2.24) is 20.1 Å². The third kappa shape index (κ3) is 5.99. The van der Waals surface area contributed by atoms with Crippen molar-refractivity contribution in [3.63, 3.8) is 0 Å². The van der Waals surface area contributed by atoms with E-state index < -0.39 is 5.54 Å². The first-order chi connectivity index (χ1) is 20.2. The number of pyridine rings is 1. The van der Waals surface area contributed by atoms with Gasteiger partial charge in [0.2, 0.25) is 11.8 Å². The van der Waals surface area contributed by atoms with E-state index in [4.69, 9.17) is 14.6 Å². The maximum Gasteiger partial charge on any atom is 0.240 e. The van der Waals surface area contributed by atoms with Crippen molar-refractivity contribution in [3.8, 4) is 22.8 Å². The molecule has 0 fully saturated rings. The number of anilines is 1. The van der Waals surface area contributed by atoms with Gasteiger partial charge >= 0.3 is 0 Å². The van der Waals surface area contributed by atoms with Crippen molar-refractivity contribution in [2.45, 2.75) is 38.1 Å². The molecule has 0 unspecified atom stereocenters. The van der Waals surface area contributed by atoms with Crippen molar-refractivity contribution < 1.29 is 19.1 Å². The average Bonchev–Trinajstić information content (AvgIpc) is 3.34. The van der Waals surface area contributed by atoms with E-state index in [2.05, 4.69) is 10.3 Å². The zero-order chi connectivity index (χ0) is 29.9. The Morgan fingerprint density at radius 1 is 1.05 bits per heavy atom. The van der Waals surface area contributed by atoms with Crippen LogP contribution in [-0.4, -0.2) is 53.1 Å². The van der Waals surface area contributed by atoms with Crippen LogP contribution in [-0.2, 0) is 21.7 Å². The summed E-state index contributed by atoms with van der Waals surface area (Å²) < 4.78 is 13.3. The van der Waals surface area contributed by atoms with Gasteiger partial charge in [0.1, 0.15) is 23.9 Å². The van der Waals surface area contributed by atoms with Crippen LogP contribution in [0.3, 0.4) is 0 Å². The molecular formula is C32H35N5O4S. The molecule has 0 saturated heterocycles. The summed E-state index contributed by atoms with van der Waals surface area (Å²) in [6, 6.07) is 21.1. The molecule has 4 aromatic rings. The van der Waals surface area contributed by atoms with Gasteiger partial charge in [0, 0.05) is 22.9 Å². The third-order valence-electron chi connectivity index (χ3n) is 6.99. The summed E-state index contributed by atoms with van der Waals surface area (Å²) in [6.45, 7) is 6.23. The van der Waals surface area contributed by atoms with Gasteiger partial charge in [-0.15, -0.1) is 11.8 Å². The largest absolute Gasteiger partial charge is 0.497 e. The van der Waals surface area contributed by atoms with Crippen molar-refractivity contribution in [1.29, 1.82) is 0 Å². The number of carbonyl (C=O) groups is 2. The monoisotopic (exact) mass is 585 g/mol. The zero-order valence-corrected chi connectivity index (χ0v) is 25.3. The lowest BCUT2D eigenvalue weighted by molar-refractivity contribution is -0.123. The van der Waals surface area contributed by atoms with E-state index >= 15 is 0 Å². The van der Waals surface area contributed by atoms with Gasteiger partial charge in [-0.3, -0.25) is 19.5 Å². The van der Waals surface area contributed by atoms with E-state index in [0.717, 1.165) is 28.1 Å². The number of carbonyl (C=O) groups excluding carboxylic acids is 2. The second-order valence-electron chi connectivity index (χ2n) is 10.9. The van der Waals surface area contributed by atoms with Gasteiger partial charge in [-0.2, -0.15) is 5.10 Å². The molecule has 1 atom stereocenters. The first kappa shape index (κ1) is 29.2. The van der Waals surface area contributed by atoms with Crippen molar-refractivity contribution in [2.75, 3.05) is 31.4 Å². The van der Waals surface area contributed by atoms with Gasteiger partial charge in [-0.05, 0) is 51.1 Å². The number of rotatable bonds is 8.